The second-order valence-corrected chi connectivity index (χ2v) is 15.1. The molecule has 268 valence electrons. The summed E-state index contributed by atoms with van der Waals surface area (Å²) < 4.78 is 32.6. The van der Waals surface area contributed by atoms with Crippen LogP contribution < -0.4 is 0 Å². The molecule has 9 atom stereocenters. The molecule has 2 aliphatic carbocycles. The van der Waals surface area contributed by atoms with E-state index < -0.39 is 64.3 Å². The Balaban J connectivity index is 1.36. The van der Waals surface area contributed by atoms with E-state index in [1.807, 2.05) is 26.0 Å². The largest absolute Gasteiger partial charge is 0.463 e. The minimum atomic E-state index is -1.27. The van der Waals surface area contributed by atoms with Crippen molar-refractivity contribution in [1.29, 1.82) is 0 Å². The average Bonchev–Trinajstić information content (AvgIpc) is 3.50. The van der Waals surface area contributed by atoms with Gasteiger partial charge in [-0.3, -0.25) is 9.78 Å². The van der Waals surface area contributed by atoms with Crippen molar-refractivity contribution in [3.05, 3.63) is 114 Å². The van der Waals surface area contributed by atoms with E-state index in [4.69, 9.17) is 23.7 Å². The number of carbonyl (C=O) groups is 3. The Bertz CT molecular complexity index is 1800. The molecule has 2 aromatic carbocycles. The van der Waals surface area contributed by atoms with Crippen LogP contribution in [0.15, 0.2) is 96.8 Å². The number of benzene rings is 2. The molecule has 7 rings (SSSR count). The highest BCUT2D eigenvalue weighted by Gasteiger charge is 2.75. The van der Waals surface area contributed by atoms with Crippen molar-refractivity contribution in [2.45, 2.75) is 89.0 Å². The molecule has 3 heterocycles. The molecule has 1 spiro atoms. The van der Waals surface area contributed by atoms with Gasteiger partial charge in [0.25, 0.3) is 0 Å². The number of cyclic esters (lactones) is 1. The zero-order chi connectivity index (χ0) is 36.0. The molecule has 1 N–H and O–H groups in total. The standard InChI is InChI=1S/C41H45NO9/c1-26-17-18-31(49-36(45)27-12-7-5-8-13-27)33-38(2)19-20-41(22-32(44)48-25-41)51-40(38,4)35(50-37(46)28-14-9-6-10-15-28)34(39(26,33)3)47-24-30(43)29-16-11-21-42-23-29/h5-17,21,23,30-31,33-35,43H,18-20,22,24-25H2,1-4H3/t30?,31-,33-,34+,35+,38-,39+,40+,41+/m1/s1. The molecule has 1 unspecified atom stereocenters. The molecular weight excluding hydrogens is 650 g/mol. The highest BCUT2D eigenvalue weighted by molar-refractivity contribution is 5.90. The lowest BCUT2D eigenvalue weighted by Crippen LogP contribution is -2.78. The number of pyridine rings is 1. The lowest BCUT2D eigenvalue weighted by molar-refractivity contribution is -0.351. The molecule has 2 saturated heterocycles. The number of carbonyl (C=O) groups excluding carboxylic acids is 3. The lowest BCUT2D eigenvalue weighted by Gasteiger charge is -2.70. The van der Waals surface area contributed by atoms with Crippen LogP contribution in [0.1, 0.15) is 85.8 Å². The summed E-state index contributed by atoms with van der Waals surface area (Å²) in [5.74, 6) is -1.74. The number of fused-ring (bicyclic) bond motifs is 3. The summed E-state index contributed by atoms with van der Waals surface area (Å²) in [4.78, 5) is 44.5. The second kappa shape index (κ2) is 13.3. The van der Waals surface area contributed by atoms with Gasteiger partial charge in [-0.15, -0.1) is 0 Å². The summed E-state index contributed by atoms with van der Waals surface area (Å²) >= 11 is 0. The first-order valence-corrected chi connectivity index (χ1v) is 17.6. The predicted molar refractivity (Wildman–Crippen MR) is 185 cm³/mol. The number of hydrogen-bond acceptors (Lipinski definition) is 10. The molecule has 0 amide bonds. The third-order valence-electron chi connectivity index (χ3n) is 12.3. The number of esters is 3. The van der Waals surface area contributed by atoms with E-state index in [2.05, 4.69) is 24.9 Å². The molecule has 3 fully saturated rings. The third kappa shape index (κ3) is 5.97. The molecular formula is C41H45NO9. The van der Waals surface area contributed by atoms with Crippen molar-refractivity contribution in [2.24, 2.45) is 16.7 Å². The fourth-order valence-electron chi connectivity index (χ4n) is 9.31. The number of ether oxygens (including phenoxy) is 5. The minimum absolute atomic E-state index is 0.0660. The SMILES string of the molecule is CC1=CC[C@@H](OC(=O)c2ccccc2)[C@H]2[C@@]1(C)[C@@H](OCC(O)c1cccnc1)[C@H](OC(=O)c1ccccc1)[C@]1(C)O[C@]3(CC[C@]21C)COC(=O)C3. The summed E-state index contributed by atoms with van der Waals surface area (Å²) in [6.07, 6.45) is 3.34. The van der Waals surface area contributed by atoms with Crippen LogP contribution in [0.5, 0.6) is 0 Å². The van der Waals surface area contributed by atoms with Crippen LogP contribution in [0.25, 0.3) is 0 Å². The molecule has 1 aromatic heterocycles. The molecule has 10 nitrogen and oxygen atoms in total. The zero-order valence-electron chi connectivity index (χ0n) is 29.5. The predicted octanol–water partition coefficient (Wildman–Crippen LogP) is 6.20. The minimum Gasteiger partial charge on any atom is -0.463 e. The Morgan fingerprint density at radius 2 is 1.59 bits per heavy atom. The van der Waals surface area contributed by atoms with Crippen molar-refractivity contribution in [3.8, 4) is 0 Å². The fourth-order valence-corrected chi connectivity index (χ4v) is 9.31. The summed E-state index contributed by atoms with van der Waals surface area (Å²) in [6.45, 7) is 8.10. The van der Waals surface area contributed by atoms with Gasteiger partial charge in [-0.1, -0.05) is 68.0 Å². The van der Waals surface area contributed by atoms with Gasteiger partial charge in [0, 0.05) is 41.1 Å². The van der Waals surface area contributed by atoms with Crippen molar-refractivity contribution >= 4 is 17.9 Å². The van der Waals surface area contributed by atoms with Crippen LogP contribution in [-0.4, -0.2) is 70.7 Å². The fraction of sp³-hybridized carbons (Fsp3) is 0.463. The first-order valence-electron chi connectivity index (χ1n) is 17.6. The first-order chi connectivity index (χ1) is 24.4. The Hall–Kier alpha value is -4.38. The topological polar surface area (TPSA) is 130 Å². The Morgan fingerprint density at radius 1 is 0.922 bits per heavy atom. The van der Waals surface area contributed by atoms with E-state index in [0.717, 1.165) is 5.57 Å². The monoisotopic (exact) mass is 695 g/mol. The van der Waals surface area contributed by atoms with Crippen molar-refractivity contribution in [2.75, 3.05) is 13.2 Å². The quantitative estimate of drug-likeness (QED) is 0.165. The Labute approximate surface area is 298 Å². The van der Waals surface area contributed by atoms with E-state index >= 15 is 0 Å². The van der Waals surface area contributed by atoms with Gasteiger partial charge in [0.1, 0.15) is 36.1 Å². The third-order valence-corrected chi connectivity index (χ3v) is 12.3. The van der Waals surface area contributed by atoms with Crippen LogP contribution in [0, 0.1) is 16.7 Å². The zero-order valence-corrected chi connectivity index (χ0v) is 29.5. The normalized spacial score (nSPS) is 34.8. The maximum Gasteiger partial charge on any atom is 0.338 e. The summed E-state index contributed by atoms with van der Waals surface area (Å²) in [6, 6.07) is 21.2. The second-order valence-electron chi connectivity index (χ2n) is 15.1. The number of hydrogen-bond donors (Lipinski definition) is 1. The molecule has 51 heavy (non-hydrogen) atoms. The van der Waals surface area contributed by atoms with Crippen molar-refractivity contribution < 1.29 is 43.2 Å². The van der Waals surface area contributed by atoms with Gasteiger partial charge in [0.05, 0.1) is 24.2 Å². The van der Waals surface area contributed by atoms with E-state index in [0.29, 0.717) is 36.0 Å². The smallest absolute Gasteiger partial charge is 0.338 e. The Morgan fingerprint density at radius 3 is 2.20 bits per heavy atom. The first kappa shape index (κ1) is 35.0. The van der Waals surface area contributed by atoms with Crippen LogP contribution in [0.2, 0.25) is 0 Å². The van der Waals surface area contributed by atoms with E-state index in [1.165, 1.54) is 0 Å². The number of aromatic nitrogens is 1. The van der Waals surface area contributed by atoms with Crippen LogP contribution >= 0.6 is 0 Å². The molecule has 0 radical (unpaired) electrons. The molecule has 4 aliphatic rings. The van der Waals surface area contributed by atoms with Gasteiger partial charge in [0.2, 0.25) is 0 Å². The van der Waals surface area contributed by atoms with Gasteiger partial charge in [-0.05, 0) is 57.0 Å². The average molecular weight is 696 g/mol. The number of aliphatic hydroxyl groups excluding tert-OH is 1. The van der Waals surface area contributed by atoms with E-state index in [1.54, 1.807) is 73.1 Å². The van der Waals surface area contributed by atoms with Gasteiger partial charge < -0.3 is 28.8 Å². The van der Waals surface area contributed by atoms with Crippen molar-refractivity contribution in [1.82, 2.24) is 4.98 Å². The van der Waals surface area contributed by atoms with Gasteiger partial charge in [-0.2, -0.15) is 0 Å². The van der Waals surface area contributed by atoms with Crippen LogP contribution in [0.4, 0.5) is 0 Å². The summed E-state index contributed by atoms with van der Waals surface area (Å²) in [7, 11) is 0. The molecule has 0 bridgehead atoms. The highest BCUT2D eigenvalue weighted by Crippen LogP contribution is 2.69. The molecule has 2 aliphatic heterocycles. The molecule has 3 aromatic rings. The number of aliphatic hydroxyl groups is 1. The molecule has 10 heteroatoms. The lowest BCUT2D eigenvalue weighted by atomic mass is 9.41. The summed E-state index contributed by atoms with van der Waals surface area (Å²) in [5, 5.41) is 11.3. The van der Waals surface area contributed by atoms with Crippen molar-refractivity contribution in [3.63, 3.8) is 0 Å². The Kier molecular flexibility index (Phi) is 9.14. The van der Waals surface area contributed by atoms with Crippen LogP contribution in [-0.2, 0) is 28.5 Å². The van der Waals surface area contributed by atoms with E-state index in [-0.39, 0.29) is 25.6 Å². The van der Waals surface area contributed by atoms with Gasteiger partial charge in [0.15, 0.2) is 6.10 Å². The maximum absolute atomic E-state index is 14.1. The highest BCUT2D eigenvalue weighted by atomic mass is 16.6. The molecule has 1 saturated carbocycles. The number of rotatable bonds is 8. The maximum atomic E-state index is 14.1. The summed E-state index contributed by atoms with van der Waals surface area (Å²) in [5.41, 5.74) is -1.50. The number of nitrogens with zero attached hydrogens (tertiary/aromatic N) is 1. The van der Waals surface area contributed by atoms with Gasteiger partial charge in [-0.25, -0.2) is 9.59 Å². The van der Waals surface area contributed by atoms with Gasteiger partial charge >= 0.3 is 17.9 Å². The van der Waals surface area contributed by atoms with Crippen LogP contribution in [0.3, 0.4) is 0 Å². The van der Waals surface area contributed by atoms with E-state index in [9.17, 15) is 19.5 Å².